The summed E-state index contributed by atoms with van der Waals surface area (Å²) in [5, 5.41) is 12.1. The first-order chi connectivity index (χ1) is 10.1. The van der Waals surface area contributed by atoms with Gasteiger partial charge in [-0.2, -0.15) is 0 Å². The van der Waals surface area contributed by atoms with Crippen LogP contribution >= 0.6 is 0 Å². The zero-order chi connectivity index (χ0) is 15.2. The van der Waals surface area contributed by atoms with Gasteiger partial charge in [0.15, 0.2) is 5.76 Å². The molecule has 2 unspecified atom stereocenters. The van der Waals surface area contributed by atoms with Gasteiger partial charge in [0.2, 0.25) is 5.91 Å². The standard InChI is InChI=1S/C15H22N2O4/c1-11(18)10-12-4-2-8-17(12)14(19)6-7-16-15(20)13-5-3-9-21-13/h3,5,9,11-12,18H,2,4,6-8,10H2,1H3,(H,16,20). The van der Waals surface area contributed by atoms with Crippen LogP contribution in [0, 0.1) is 0 Å². The molecule has 0 aliphatic carbocycles. The number of carbonyl (C=O) groups is 2. The maximum Gasteiger partial charge on any atom is 0.286 e. The number of nitrogens with one attached hydrogen (secondary N) is 1. The van der Waals surface area contributed by atoms with E-state index in [1.54, 1.807) is 19.1 Å². The van der Waals surface area contributed by atoms with Crippen LogP contribution in [0.4, 0.5) is 0 Å². The molecule has 2 amide bonds. The Morgan fingerprint density at radius 3 is 3.05 bits per heavy atom. The minimum absolute atomic E-state index is 0.0258. The third-order valence-electron chi connectivity index (χ3n) is 3.68. The van der Waals surface area contributed by atoms with Crippen molar-refractivity contribution in [3.05, 3.63) is 24.2 Å². The fraction of sp³-hybridized carbons (Fsp3) is 0.600. The van der Waals surface area contributed by atoms with E-state index in [2.05, 4.69) is 5.32 Å². The number of likely N-dealkylation sites (tertiary alicyclic amines) is 1. The van der Waals surface area contributed by atoms with Gasteiger partial charge in [-0.05, 0) is 38.3 Å². The normalized spacial score (nSPS) is 19.5. The predicted octanol–water partition coefficient (Wildman–Crippen LogP) is 1.16. The van der Waals surface area contributed by atoms with Gasteiger partial charge >= 0.3 is 0 Å². The molecule has 0 spiro atoms. The van der Waals surface area contributed by atoms with Gasteiger partial charge in [0.25, 0.3) is 5.91 Å². The van der Waals surface area contributed by atoms with Crippen molar-refractivity contribution in [2.24, 2.45) is 0 Å². The van der Waals surface area contributed by atoms with E-state index in [1.807, 2.05) is 4.90 Å². The van der Waals surface area contributed by atoms with Crippen molar-refractivity contribution in [3.63, 3.8) is 0 Å². The first kappa shape index (κ1) is 15.6. The van der Waals surface area contributed by atoms with Crippen molar-refractivity contribution >= 4 is 11.8 Å². The van der Waals surface area contributed by atoms with Gasteiger partial charge in [0.1, 0.15) is 0 Å². The number of hydrogen-bond acceptors (Lipinski definition) is 4. The molecule has 0 radical (unpaired) electrons. The van der Waals surface area contributed by atoms with E-state index in [0.717, 1.165) is 19.4 Å². The molecule has 1 aliphatic rings. The minimum Gasteiger partial charge on any atom is -0.459 e. The molecule has 2 heterocycles. The molecular weight excluding hydrogens is 272 g/mol. The van der Waals surface area contributed by atoms with Crippen LogP contribution in [0.1, 0.15) is 43.2 Å². The number of aliphatic hydroxyl groups excluding tert-OH is 1. The van der Waals surface area contributed by atoms with Gasteiger partial charge in [-0.1, -0.05) is 0 Å². The molecule has 1 aromatic heterocycles. The van der Waals surface area contributed by atoms with Crippen LogP contribution in [-0.2, 0) is 4.79 Å². The number of rotatable bonds is 6. The molecule has 2 N–H and O–H groups in total. The summed E-state index contributed by atoms with van der Waals surface area (Å²) in [6.45, 7) is 2.77. The Labute approximate surface area is 124 Å². The lowest BCUT2D eigenvalue weighted by Gasteiger charge is -2.25. The number of carbonyl (C=O) groups excluding carboxylic acids is 2. The molecule has 0 bridgehead atoms. The van der Waals surface area contributed by atoms with E-state index >= 15 is 0 Å². The monoisotopic (exact) mass is 294 g/mol. The van der Waals surface area contributed by atoms with E-state index in [-0.39, 0.29) is 36.6 Å². The first-order valence-corrected chi connectivity index (χ1v) is 7.37. The zero-order valence-electron chi connectivity index (χ0n) is 12.2. The molecule has 6 nitrogen and oxygen atoms in total. The Balaban J connectivity index is 1.75. The second kappa shape index (κ2) is 7.26. The molecular formula is C15H22N2O4. The van der Waals surface area contributed by atoms with Crippen LogP contribution in [0.25, 0.3) is 0 Å². The molecule has 0 aromatic carbocycles. The number of nitrogens with zero attached hydrogens (tertiary/aromatic N) is 1. The SMILES string of the molecule is CC(O)CC1CCCN1C(=O)CCNC(=O)c1ccco1. The van der Waals surface area contributed by atoms with Gasteiger partial charge in [-0.25, -0.2) is 0 Å². The minimum atomic E-state index is -0.401. The van der Waals surface area contributed by atoms with Crippen LogP contribution in [0.2, 0.25) is 0 Å². The van der Waals surface area contributed by atoms with Crippen molar-refractivity contribution in [1.29, 1.82) is 0 Å². The largest absolute Gasteiger partial charge is 0.459 e. The van der Waals surface area contributed by atoms with E-state index in [9.17, 15) is 14.7 Å². The molecule has 1 fully saturated rings. The van der Waals surface area contributed by atoms with Crippen molar-refractivity contribution < 1.29 is 19.1 Å². The topological polar surface area (TPSA) is 82.8 Å². The summed E-state index contributed by atoms with van der Waals surface area (Å²) in [6, 6.07) is 3.35. The smallest absolute Gasteiger partial charge is 0.286 e. The summed E-state index contributed by atoms with van der Waals surface area (Å²) in [4.78, 5) is 25.7. The number of amides is 2. The fourth-order valence-corrected chi connectivity index (χ4v) is 2.72. The highest BCUT2D eigenvalue weighted by Crippen LogP contribution is 2.22. The first-order valence-electron chi connectivity index (χ1n) is 7.37. The predicted molar refractivity (Wildman–Crippen MR) is 76.7 cm³/mol. The highest BCUT2D eigenvalue weighted by Gasteiger charge is 2.29. The van der Waals surface area contributed by atoms with Crippen LogP contribution in [0.15, 0.2) is 22.8 Å². The fourth-order valence-electron chi connectivity index (χ4n) is 2.72. The Morgan fingerprint density at radius 2 is 2.38 bits per heavy atom. The quantitative estimate of drug-likeness (QED) is 0.825. The number of furan rings is 1. The second-order valence-electron chi connectivity index (χ2n) is 5.45. The molecule has 116 valence electrons. The summed E-state index contributed by atoms with van der Waals surface area (Å²) >= 11 is 0. The van der Waals surface area contributed by atoms with Crippen LogP contribution in [-0.4, -0.2) is 47.1 Å². The Morgan fingerprint density at radius 1 is 1.57 bits per heavy atom. The maximum atomic E-state index is 12.2. The summed E-state index contributed by atoms with van der Waals surface area (Å²) in [5.41, 5.74) is 0. The molecule has 1 saturated heterocycles. The van der Waals surface area contributed by atoms with Gasteiger partial charge < -0.3 is 19.7 Å². The second-order valence-corrected chi connectivity index (χ2v) is 5.45. The highest BCUT2D eigenvalue weighted by atomic mass is 16.3. The van der Waals surface area contributed by atoms with E-state index in [0.29, 0.717) is 6.42 Å². The molecule has 21 heavy (non-hydrogen) atoms. The molecule has 2 atom stereocenters. The van der Waals surface area contributed by atoms with Gasteiger partial charge in [-0.15, -0.1) is 0 Å². The Kier molecular flexibility index (Phi) is 5.38. The average molecular weight is 294 g/mol. The van der Waals surface area contributed by atoms with Crippen LogP contribution < -0.4 is 5.32 Å². The number of hydrogen-bond donors (Lipinski definition) is 2. The third-order valence-corrected chi connectivity index (χ3v) is 3.68. The highest BCUT2D eigenvalue weighted by molar-refractivity contribution is 5.91. The van der Waals surface area contributed by atoms with Crippen molar-refractivity contribution in [3.8, 4) is 0 Å². The summed E-state index contributed by atoms with van der Waals surface area (Å²) in [5.74, 6) is -0.0387. The van der Waals surface area contributed by atoms with Gasteiger partial charge in [0.05, 0.1) is 12.4 Å². The molecule has 6 heteroatoms. The average Bonchev–Trinajstić information content (AvgIpc) is 3.08. The van der Waals surface area contributed by atoms with E-state index < -0.39 is 6.10 Å². The van der Waals surface area contributed by atoms with Crippen molar-refractivity contribution in [1.82, 2.24) is 10.2 Å². The lowest BCUT2D eigenvalue weighted by atomic mass is 10.1. The molecule has 0 saturated carbocycles. The summed E-state index contributed by atoms with van der Waals surface area (Å²) in [6.07, 6.45) is 3.83. The van der Waals surface area contributed by atoms with Crippen LogP contribution in [0.3, 0.4) is 0 Å². The Bertz CT molecular complexity index is 470. The lowest BCUT2D eigenvalue weighted by molar-refractivity contribution is -0.132. The van der Waals surface area contributed by atoms with Crippen molar-refractivity contribution in [2.45, 2.75) is 44.8 Å². The molecule has 1 aliphatic heterocycles. The third kappa shape index (κ3) is 4.32. The summed E-state index contributed by atoms with van der Waals surface area (Å²) < 4.78 is 4.98. The Hall–Kier alpha value is -1.82. The number of aliphatic hydroxyl groups is 1. The lowest BCUT2D eigenvalue weighted by Crippen LogP contribution is -2.39. The molecule has 2 rings (SSSR count). The van der Waals surface area contributed by atoms with Crippen molar-refractivity contribution in [2.75, 3.05) is 13.1 Å². The maximum absolute atomic E-state index is 12.2. The summed E-state index contributed by atoms with van der Waals surface area (Å²) in [7, 11) is 0. The van der Waals surface area contributed by atoms with Crippen LogP contribution in [0.5, 0.6) is 0 Å². The van der Waals surface area contributed by atoms with Gasteiger partial charge in [-0.3, -0.25) is 9.59 Å². The zero-order valence-corrected chi connectivity index (χ0v) is 12.2. The van der Waals surface area contributed by atoms with E-state index in [1.165, 1.54) is 6.26 Å². The van der Waals surface area contributed by atoms with Gasteiger partial charge in [0, 0.05) is 25.6 Å². The molecule has 1 aromatic rings. The van der Waals surface area contributed by atoms with E-state index in [4.69, 9.17) is 4.42 Å².